The minimum Gasteiger partial charge on any atom is -0.453 e. The van der Waals surface area contributed by atoms with Crippen molar-refractivity contribution >= 4 is 39.0 Å². The number of ether oxygens (including phenoxy) is 1. The first-order chi connectivity index (χ1) is 10.1. The van der Waals surface area contributed by atoms with Gasteiger partial charge in [-0.05, 0) is 43.0 Å². The second-order valence-electron chi connectivity index (χ2n) is 4.92. The number of carbonyl (C=O) groups excluding carboxylic acids is 2. The molecule has 0 radical (unpaired) electrons. The molecule has 5 heteroatoms. The van der Waals surface area contributed by atoms with Gasteiger partial charge in [0.2, 0.25) is 0 Å². The van der Waals surface area contributed by atoms with E-state index in [-0.39, 0.29) is 12.4 Å². The van der Waals surface area contributed by atoms with E-state index in [0.29, 0.717) is 10.4 Å². The summed E-state index contributed by atoms with van der Waals surface area (Å²) in [4.78, 5) is 25.8. The van der Waals surface area contributed by atoms with Crippen LogP contribution in [0.5, 0.6) is 0 Å². The molecule has 1 heterocycles. The number of benzene rings is 1. The quantitative estimate of drug-likeness (QED) is 0.607. The lowest BCUT2D eigenvalue weighted by molar-refractivity contribution is 0.0479. The largest absolute Gasteiger partial charge is 0.453 e. The summed E-state index contributed by atoms with van der Waals surface area (Å²) in [7, 11) is 0. The third kappa shape index (κ3) is 3.24. The van der Waals surface area contributed by atoms with Crippen LogP contribution >= 0.6 is 27.3 Å². The van der Waals surface area contributed by atoms with E-state index < -0.39 is 5.97 Å². The maximum Gasteiger partial charge on any atom is 0.348 e. The molecule has 1 aliphatic carbocycles. The van der Waals surface area contributed by atoms with Crippen LogP contribution in [0.15, 0.2) is 34.8 Å². The van der Waals surface area contributed by atoms with E-state index in [1.54, 1.807) is 24.3 Å². The van der Waals surface area contributed by atoms with Crippen molar-refractivity contribution in [3.63, 3.8) is 0 Å². The van der Waals surface area contributed by atoms with Gasteiger partial charge in [0.1, 0.15) is 4.88 Å². The van der Waals surface area contributed by atoms with Crippen LogP contribution in [0.1, 0.15) is 36.9 Å². The first-order valence-electron chi connectivity index (χ1n) is 6.71. The van der Waals surface area contributed by atoms with Gasteiger partial charge in [0.25, 0.3) is 0 Å². The Morgan fingerprint density at radius 1 is 1.19 bits per heavy atom. The van der Waals surface area contributed by atoms with E-state index in [1.165, 1.54) is 28.2 Å². The highest BCUT2D eigenvalue weighted by atomic mass is 79.9. The van der Waals surface area contributed by atoms with Gasteiger partial charge in [-0.1, -0.05) is 28.1 Å². The summed E-state index contributed by atoms with van der Waals surface area (Å²) in [6, 6.07) is 8.90. The third-order valence-corrected chi connectivity index (χ3v) is 5.19. The van der Waals surface area contributed by atoms with Crippen LogP contribution in [0, 0.1) is 0 Å². The van der Waals surface area contributed by atoms with Gasteiger partial charge in [-0.25, -0.2) is 4.79 Å². The molecule has 0 N–H and O–H groups in total. The molecule has 0 atom stereocenters. The number of ketones is 1. The molecule has 1 aromatic carbocycles. The second-order valence-corrected chi connectivity index (χ2v) is 6.97. The molecule has 0 saturated carbocycles. The average Bonchev–Trinajstić information content (AvgIpc) is 3.06. The van der Waals surface area contributed by atoms with Crippen molar-refractivity contribution in [2.24, 2.45) is 0 Å². The maximum atomic E-state index is 12.0. The summed E-state index contributed by atoms with van der Waals surface area (Å²) in [5, 5.41) is 0. The van der Waals surface area contributed by atoms with Gasteiger partial charge < -0.3 is 4.74 Å². The molecule has 3 nitrogen and oxygen atoms in total. The Bertz CT molecular complexity index is 667. The number of rotatable bonds is 4. The van der Waals surface area contributed by atoms with Crippen molar-refractivity contribution in [3.05, 3.63) is 55.7 Å². The molecule has 0 unspecified atom stereocenters. The Balaban J connectivity index is 1.60. The maximum absolute atomic E-state index is 12.0. The van der Waals surface area contributed by atoms with Gasteiger partial charge in [0, 0.05) is 14.9 Å². The minimum absolute atomic E-state index is 0.194. The minimum atomic E-state index is -0.403. The molecule has 0 bridgehead atoms. The van der Waals surface area contributed by atoms with Gasteiger partial charge >= 0.3 is 5.97 Å². The number of Topliss-reactive ketones (excluding diaryl/α,β-unsaturated/α-hetero) is 1. The number of hydrogen-bond donors (Lipinski definition) is 0. The average molecular weight is 365 g/mol. The monoisotopic (exact) mass is 364 g/mol. The highest BCUT2D eigenvalue weighted by Crippen LogP contribution is 2.30. The Hall–Kier alpha value is -1.46. The van der Waals surface area contributed by atoms with E-state index in [0.717, 1.165) is 17.3 Å². The number of carbonyl (C=O) groups is 2. The van der Waals surface area contributed by atoms with E-state index >= 15 is 0 Å². The SMILES string of the molecule is O=C(COC(=O)c1cc2c(s1)CCC2)c1ccc(Br)cc1. The highest BCUT2D eigenvalue weighted by molar-refractivity contribution is 9.10. The first kappa shape index (κ1) is 14.5. The summed E-state index contributed by atoms with van der Waals surface area (Å²) < 4.78 is 6.03. The number of fused-ring (bicyclic) bond motifs is 1. The Kier molecular flexibility index (Phi) is 4.22. The molecule has 0 fully saturated rings. The fraction of sp³-hybridized carbons (Fsp3) is 0.250. The van der Waals surface area contributed by atoms with Crippen molar-refractivity contribution in [1.29, 1.82) is 0 Å². The lowest BCUT2D eigenvalue weighted by atomic mass is 10.1. The van der Waals surface area contributed by atoms with E-state index in [1.807, 2.05) is 6.07 Å². The van der Waals surface area contributed by atoms with Gasteiger partial charge in [-0.2, -0.15) is 0 Å². The molecule has 0 amide bonds. The van der Waals surface area contributed by atoms with Crippen LogP contribution in [0.4, 0.5) is 0 Å². The number of hydrogen-bond acceptors (Lipinski definition) is 4. The number of aryl methyl sites for hydroxylation is 2. The zero-order valence-electron chi connectivity index (χ0n) is 11.2. The smallest absolute Gasteiger partial charge is 0.348 e. The van der Waals surface area contributed by atoms with Crippen LogP contribution in [-0.2, 0) is 17.6 Å². The predicted molar refractivity (Wildman–Crippen MR) is 85.1 cm³/mol. The van der Waals surface area contributed by atoms with Crippen LogP contribution in [0.2, 0.25) is 0 Å². The molecule has 0 aliphatic heterocycles. The second kappa shape index (κ2) is 6.12. The Labute approximate surface area is 135 Å². The Morgan fingerprint density at radius 2 is 1.95 bits per heavy atom. The highest BCUT2D eigenvalue weighted by Gasteiger charge is 2.20. The molecule has 21 heavy (non-hydrogen) atoms. The molecule has 1 aromatic heterocycles. The van der Waals surface area contributed by atoms with Crippen molar-refractivity contribution in [3.8, 4) is 0 Å². The summed E-state index contributed by atoms with van der Waals surface area (Å²) in [6.45, 7) is -0.219. The molecular formula is C16H13BrO3S. The molecular weight excluding hydrogens is 352 g/mol. The lowest BCUT2D eigenvalue weighted by Crippen LogP contribution is -2.13. The fourth-order valence-electron chi connectivity index (χ4n) is 2.35. The van der Waals surface area contributed by atoms with Gasteiger partial charge in [-0.3, -0.25) is 4.79 Å². The van der Waals surface area contributed by atoms with Crippen LogP contribution in [0.3, 0.4) is 0 Å². The zero-order valence-corrected chi connectivity index (χ0v) is 13.6. The number of thiophene rings is 1. The molecule has 0 spiro atoms. The van der Waals surface area contributed by atoms with Crippen molar-refractivity contribution in [2.75, 3.05) is 6.61 Å². The van der Waals surface area contributed by atoms with Crippen molar-refractivity contribution < 1.29 is 14.3 Å². The van der Waals surface area contributed by atoms with Crippen molar-refractivity contribution in [2.45, 2.75) is 19.3 Å². The topological polar surface area (TPSA) is 43.4 Å². The zero-order chi connectivity index (χ0) is 14.8. The Morgan fingerprint density at radius 3 is 2.67 bits per heavy atom. The predicted octanol–water partition coefficient (Wildman–Crippen LogP) is 4.04. The normalized spacial score (nSPS) is 13.0. The van der Waals surface area contributed by atoms with Gasteiger partial charge in [0.05, 0.1) is 0 Å². The summed E-state index contributed by atoms with van der Waals surface area (Å²) in [6.07, 6.45) is 3.25. The summed E-state index contributed by atoms with van der Waals surface area (Å²) >= 11 is 4.80. The number of halogens is 1. The number of esters is 1. The van der Waals surface area contributed by atoms with E-state index in [4.69, 9.17) is 4.74 Å². The van der Waals surface area contributed by atoms with E-state index in [2.05, 4.69) is 15.9 Å². The summed E-state index contributed by atoms with van der Waals surface area (Å²) in [5.41, 5.74) is 1.80. The third-order valence-electron chi connectivity index (χ3n) is 3.45. The molecule has 2 aromatic rings. The van der Waals surface area contributed by atoms with Crippen LogP contribution < -0.4 is 0 Å². The first-order valence-corrected chi connectivity index (χ1v) is 8.32. The molecule has 108 valence electrons. The van der Waals surface area contributed by atoms with Crippen molar-refractivity contribution in [1.82, 2.24) is 0 Å². The van der Waals surface area contributed by atoms with E-state index in [9.17, 15) is 9.59 Å². The fourth-order valence-corrected chi connectivity index (χ4v) is 3.76. The van der Waals surface area contributed by atoms with Crippen LogP contribution in [-0.4, -0.2) is 18.4 Å². The molecule has 1 aliphatic rings. The van der Waals surface area contributed by atoms with Gasteiger partial charge in [-0.15, -0.1) is 11.3 Å². The molecule has 0 saturated heterocycles. The summed E-state index contributed by atoms with van der Waals surface area (Å²) in [5.74, 6) is -0.597. The standard InChI is InChI=1S/C16H13BrO3S/c17-12-6-4-10(5-7-12)13(18)9-20-16(19)15-8-11-2-1-3-14(11)21-15/h4-8H,1-3,9H2. The lowest BCUT2D eigenvalue weighted by Gasteiger charge is -2.03. The molecule has 3 rings (SSSR count). The van der Waals surface area contributed by atoms with Gasteiger partial charge in [0.15, 0.2) is 12.4 Å². The van der Waals surface area contributed by atoms with Crippen LogP contribution in [0.25, 0.3) is 0 Å².